The van der Waals surface area contributed by atoms with Crippen LogP contribution in [0, 0.1) is 0 Å². The standard InChI is InChI=1S/C19H19N3O2/c1-24-18-5-3-2-4-14(18)19(23)20-10-15-13(12-6-7-12)8-9-17-16(15)11-21-22-17/h2-5,8-9,11-12H,6-7,10H2,1H3,(H,20,23)(H,21,22). The highest BCUT2D eigenvalue weighted by atomic mass is 16.5. The molecular weight excluding hydrogens is 302 g/mol. The van der Waals surface area contributed by atoms with E-state index in [0.717, 1.165) is 16.5 Å². The van der Waals surface area contributed by atoms with Crippen molar-refractivity contribution in [2.75, 3.05) is 7.11 Å². The molecule has 0 spiro atoms. The summed E-state index contributed by atoms with van der Waals surface area (Å²) in [5.74, 6) is 1.07. The van der Waals surface area contributed by atoms with Crippen molar-refractivity contribution in [2.45, 2.75) is 25.3 Å². The number of benzene rings is 2. The van der Waals surface area contributed by atoms with Gasteiger partial charge < -0.3 is 10.1 Å². The molecule has 3 aromatic rings. The summed E-state index contributed by atoms with van der Waals surface area (Å²) in [6.45, 7) is 0.486. The Hall–Kier alpha value is -2.82. The van der Waals surface area contributed by atoms with Crippen molar-refractivity contribution in [3.8, 4) is 5.75 Å². The van der Waals surface area contributed by atoms with Crippen LogP contribution in [0.4, 0.5) is 0 Å². The van der Waals surface area contributed by atoms with Crippen molar-refractivity contribution < 1.29 is 9.53 Å². The molecule has 1 amide bonds. The number of fused-ring (bicyclic) bond motifs is 1. The summed E-state index contributed by atoms with van der Waals surface area (Å²) in [6.07, 6.45) is 4.28. The number of aromatic nitrogens is 2. The summed E-state index contributed by atoms with van der Waals surface area (Å²) in [7, 11) is 1.57. The van der Waals surface area contributed by atoms with Crippen LogP contribution in [-0.2, 0) is 6.54 Å². The average Bonchev–Trinajstić information content (AvgIpc) is 3.35. The molecule has 122 valence electrons. The Balaban J connectivity index is 1.61. The van der Waals surface area contributed by atoms with Crippen molar-refractivity contribution in [1.82, 2.24) is 15.5 Å². The van der Waals surface area contributed by atoms with Crippen molar-refractivity contribution in [3.63, 3.8) is 0 Å². The van der Waals surface area contributed by atoms with Gasteiger partial charge in [-0.15, -0.1) is 0 Å². The zero-order chi connectivity index (χ0) is 16.5. The summed E-state index contributed by atoms with van der Waals surface area (Å²) in [5, 5.41) is 11.3. The number of hydrogen-bond donors (Lipinski definition) is 2. The van der Waals surface area contributed by atoms with Gasteiger partial charge in [-0.25, -0.2) is 0 Å². The predicted molar refractivity (Wildman–Crippen MR) is 92.2 cm³/mol. The fourth-order valence-corrected chi connectivity index (χ4v) is 3.16. The second-order valence-electron chi connectivity index (χ2n) is 6.12. The van der Waals surface area contributed by atoms with Crippen LogP contribution < -0.4 is 10.1 Å². The highest BCUT2D eigenvalue weighted by Gasteiger charge is 2.27. The maximum Gasteiger partial charge on any atom is 0.255 e. The largest absolute Gasteiger partial charge is 0.496 e. The van der Waals surface area contributed by atoms with E-state index >= 15 is 0 Å². The number of amides is 1. The number of aromatic amines is 1. The van der Waals surface area contributed by atoms with Gasteiger partial charge in [0.2, 0.25) is 0 Å². The van der Waals surface area contributed by atoms with E-state index in [-0.39, 0.29) is 5.91 Å². The minimum absolute atomic E-state index is 0.130. The average molecular weight is 321 g/mol. The van der Waals surface area contributed by atoms with Gasteiger partial charge in [0.15, 0.2) is 0 Å². The lowest BCUT2D eigenvalue weighted by Gasteiger charge is -2.13. The zero-order valence-corrected chi connectivity index (χ0v) is 13.5. The molecule has 1 aromatic heterocycles. The van der Waals surface area contributed by atoms with Crippen molar-refractivity contribution in [2.24, 2.45) is 0 Å². The summed E-state index contributed by atoms with van der Waals surface area (Å²) in [4.78, 5) is 12.6. The minimum Gasteiger partial charge on any atom is -0.496 e. The van der Waals surface area contributed by atoms with E-state index in [1.807, 2.05) is 18.3 Å². The molecule has 1 heterocycles. The molecule has 0 unspecified atom stereocenters. The summed E-state index contributed by atoms with van der Waals surface area (Å²) < 4.78 is 5.27. The molecule has 1 aliphatic rings. The number of methoxy groups -OCH3 is 1. The third kappa shape index (κ3) is 2.62. The molecule has 5 nitrogen and oxygen atoms in total. The van der Waals surface area contributed by atoms with Gasteiger partial charge in [-0.2, -0.15) is 5.10 Å². The van der Waals surface area contributed by atoms with Crippen LogP contribution in [0.15, 0.2) is 42.6 Å². The normalized spacial score (nSPS) is 13.9. The molecule has 1 fully saturated rings. The first-order valence-electron chi connectivity index (χ1n) is 8.14. The molecule has 2 aromatic carbocycles. The van der Waals surface area contributed by atoms with E-state index < -0.39 is 0 Å². The number of carbonyl (C=O) groups excluding carboxylic acids is 1. The highest BCUT2D eigenvalue weighted by molar-refractivity contribution is 5.97. The number of carbonyl (C=O) groups is 1. The molecule has 1 aliphatic carbocycles. The van der Waals surface area contributed by atoms with E-state index in [0.29, 0.717) is 23.8 Å². The van der Waals surface area contributed by atoms with Gasteiger partial charge in [-0.1, -0.05) is 18.2 Å². The number of rotatable bonds is 5. The van der Waals surface area contributed by atoms with Gasteiger partial charge in [0, 0.05) is 11.9 Å². The maximum absolute atomic E-state index is 12.6. The Bertz CT molecular complexity index is 897. The van der Waals surface area contributed by atoms with Gasteiger partial charge in [-0.3, -0.25) is 9.89 Å². The van der Waals surface area contributed by atoms with Gasteiger partial charge >= 0.3 is 0 Å². The lowest BCUT2D eigenvalue weighted by molar-refractivity contribution is 0.0948. The molecule has 0 radical (unpaired) electrons. The Labute approximate surface area is 140 Å². The second-order valence-corrected chi connectivity index (χ2v) is 6.12. The topological polar surface area (TPSA) is 67.0 Å². The number of H-pyrrole nitrogens is 1. The van der Waals surface area contributed by atoms with Gasteiger partial charge in [-0.05, 0) is 48.1 Å². The van der Waals surface area contributed by atoms with Crippen molar-refractivity contribution >= 4 is 16.8 Å². The Morgan fingerprint density at radius 2 is 2.12 bits per heavy atom. The van der Waals surface area contributed by atoms with E-state index in [1.54, 1.807) is 19.2 Å². The Kier molecular flexibility index (Phi) is 3.69. The van der Waals surface area contributed by atoms with Crippen LogP contribution in [0.2, 0.25) is 0 Å². The molecule has 0 bridgehead atoms. The fourth-order valence-electron chi connectivity index (χ4n) is 3.16. The first kappa shape index (κ1) is 14.8. The summed E-state index contributed by atoms with van der Waals surface area (Å²) in [5.41, 5.74) is 4.03. The second kappa shape index (κ2) is 6.00. The molecule has 0 atom stereocenters. The highest BCUT2D eigenvalue weighted by Crippen LogP contribution is 2.43. The molecule has 2 N–H and O–H groups in total. The SMILES string of the molecule is COc1ccccc1C(=O)NCc1c(C2CC2)ccc2[nH]ncc12. The third-order valence-corrected chi connectivity index (χ3v) is 4.57. The number of hydrogen-bond acceptors (Lipinski definition) is 3. The smallest absolute Gasteiger partial charge is 0.255 e. The van der Waals surface area contributed by atoms with Crippen molar-refractivity contribution in [1.29, 1.82) is 0 Å². The number of ether oxygens (including phenoxy) is 1. The van der Waals surface area contributed by atoms with E-state index in [2.05, 4.69) is 27.6 Å². The van der Waals surface area contributed by atoms with Crippen LogP contribution in [0.25, 0.3) is 10.9 Å². The minimum atomic E-state index is -0.130. The lowest BCUT2D eigenvalue weighted by atomic mass is 9.99. The Morgan fingerprint density at radius 1 is 1.29 bits per heavy atom. The van der Waals surface area contributed by atoms with Crippen LogP contribution in [-0.4, -0.2) is 23.2 Å². The van der Waals surface area contributed by atoms with E-state index in [4.69, 9.17) is 4.74 Å². The molecule has 0 aliphatic heterocycles. The molecule has 4 rings (SSSR count). The monoisotopic (exact) mass is 321 g/mol. The van der Waals surface area contributed by atoms with Crippen LogP contribution in [0.5, 0.6) is 5.75 Å². The lowest BCUT2D eigenvalue weighted by Crippen LogP contribution is -2.24. The number of para-hydroxylation sites is 1. The van der Waals surface area contributed by atoms with Crippen LogP contribution in [0.1, 0.15) is 40.2 Å². The Morgan fingerprint density at radius 3 is 2.92 bits per heavy atom. The number of nitrogens with one attached hydrogen (secondary N) is 2. The molecule has 5 heteroatoms. The van der Waals surface area contributed by atoms with E-state index in [1.165, 1.54) is 18.4 Å². The van der Waals surface area contributed by atoms with Crippen molar-refractivity contribution in [3.05, 3.63) is 59.3 Å². The summed E-state index contributed by atoms with van der Waals surface area (Å²) >= 11 is 0. The first-order valence-corrected chi connectivity index (χ1v) is 8.14. The van der Waals surface area contributed by atoms with Crippen LogP contribution >= 0.6 is 0 Å². The summed E-state index contributed by atoms with van der Waals surface area (Å²) in [6, 6.07) is 11.5. The predicted octanol–water partition coefficient (Wildman–Crippen LogP) is 3.38. The van der Waals surface area contributed by atoms with Crippen LogP contribution in [0.3, 0.4) is 0 Å². The third-order valence-electron chi connectivity index (χ3n) is 4.57. The van der Waals surface area contributed by atoms with E-state index in [9.17, 15) is 4.79 Å². The molecule has 24 heavy (non-hydrogen) atoms. The quantitative estimate of drug-likeness (QED) is 0.757. The number of nitrogens with zero attached hydrogens (tertiary/aromatic N) is 1. The fraction of sp³-hybridized carbons (Fsp3) is 0.263. The molecular formula is C19H19N3O2. The molecule has 1 saturated carbocycles. The molecule has 0 saturated heterocycles. The van der Waals surface area contributed by atoms with Gasteiger partial charge in [0.05, 0.1) is 24.4 Å². The van der Waals surface area contributed by atoms with Gasteiger partial charge in [0.25, 0.3) is 5.91 Å². The first-order chi connectivity index (χ1) is 11.8. The maximum atomic E-state index is 12.6. The zero-order valence-electron chi connectivity index (χ0n) is 13.5. The van der Waals surface area contributed by atoms with Gasteiger partial charge in [0.1, 0.15) is 5.75 Å².